The Balaban J connectivity index is 2.48. The third-order valence-corrected chi connectivity index (χ3v) is 2.14. The Kier molecular flexibility index (Phi) is 2.18. The normalized spacial score (nSPS) is 22.5. The fourth-order valence-electron chi connectivity index (χ4n) is 1.14. The van der Waals surface area contributed by atoms with Gasteiger partial charge in [-0.3, -0.25) is 4.79 Å². The van der Waals surface area contributed by atoms with Gasteiger partial charge in [0.25, 0.3) is 0 Å². The van der Waals surface area contributed by atoms with Gasteiger partial charge in [0.1, 0.15) is 5.54 Å². The van der Waals surface area contributed by atoms with Crippen LogP contribution in [0.15, 0.2) is 0 Å². The van der Waals surface area contributed by atoms with Gasteiger partial charge in [-0.25, -0.2) is 0 Å². The van der Waals surface area contributed by atoms with Gasteiger partial charge in [0.2, 0.25) is 0 Å². The van der Waals surface area contributed by atoms with E-state index < -0.39 is 5.54 Å². The van der Waals surface area contributed by atoms with Crippen LogP contribution in [0.25, 0.3) is 0 Å². The lowest BCUT2D eigenvalue weighted by molar-refractivity contribution is -0.149. The van der Waals surface area contributed by atoms with Crippen molar-refractivity contribution in [2.24, 2.45) is 11.7 Å². The van der Waals surface area contributed by atoms with E-state index in [1.54, 1.807) is 13.8 Å². The molecule has 0 heterocycles. The Morgan fingerprint density at radius 2 is 2.27 bits per heavy atom. The summed E-state index contributed by atoms with van der Waals surface area (Å²) in [6.45, 7) is 3.96. The zero-order valence-electron chi connectivity index (χ0n) is 7.09. The summed E-state index contributed by atoms with van der Waals surface area (Å²) < 4.78 is 4.84. The van der Waals surface area contributed by atoms with Gasteiger partial charge in [-0.1, -0.05) is 0 Å². The molecule has 0 bridgehead atoms. The maximum atomic E-state index is 11.2. The molecule has 1 fully saturated rings. The molecule has 2 N–H and O–H groups in total. The number of carbonyl (C=O) groups is 1. The smallest absolute Gasteiger partial charge is 0.326 e. The molecule has 0 aromatic heterocycles. The Morgan fingerprint density at radius 1 is 1.73 bits per heavy atom. The van der Waals surface area contributed by atoms with Crippen LogP contribution < -0.4 is 5.73 Å². The minimum atomic E-state index is -0.740. The summed E-state index contributed by atoms with van der Waals surface area (Å²) in [7, 11) is 0. The zero-order valence-corrected chi connectivity index (χ0v) is 7.09. The van der Waals surface area contributed by atoms with Crippen LogP contribution >= 0.6 is 0 Å². The van der Waals surface area contributed by atoms with Crippen LogP contribution in [0.1, 0.15) is 26.7 Å². The van der Waals surface area contributed by atoms with Gasteiger partial charge in [0.15, 0.2) is 0 Å². The van der Waals surface area contributed by atoms with Gasteiger partial charge in [-0.05, 0) is 32.6 Å². The van der Waals surface area contributed by atoms with Crippen molar-refractivity contribution in [2.45, 2.75) is 32.2 Å². The number of ether oxygens (including phenoxy) is 1. The van der Waals surface area contributed by atoms with E-state index in [4.69, 9.17) is 10.5 Å². The second-order valence-corrected chi connectivity index (χ2v) is 3.28. The Hall–Kier alpha value is -0.570. The molecule has 0 spiro atoms. The Bertz CT molecular complexity index is 161. The molecule has 3 heteroatoms. The first-order valence-corrected chi connectivity index (χ1v) is 4.05. The standard InChI is InChI=1S/C8H15NO2/c1-3-11-7(10)8(2,9)6-4-5-6/h6H,3-5,9H2,1-2H3/t8-/m0/s1. The van der Waals surface area contributed by atoms with Gasteiger partial charge in [0.05, 0.1) is 6.61 Å². The molecule has 0 unspecified atom stereocenters. The lowest BCUT2D eigenvalue weighted by Crippen LogP contribution is -2.48. The maximum absolute atomic E-state index is 11.2. The van der Waals surface area contributed by atoms with Crippen molar-refractivity contribution in [3.05, 3.63) is 0 Å². The molecule has 1 aliphatic carbocycles. The summed E-state index contributed by atoms with van der Waals surface area (Å²) in [4.78, 5) is 11.2. The first-order chi connectivity index (χ1) is 5.09. The molecule has 1 saturated carbocycles. The molecule has 3 nitrogen and oxygen atoms in total. The van der Waals surface area contributed by atoms with E-state index >= 15 is 0 Å². The predicted molar refractivity (Wildman–Crippen MR) is 41.9 cm³/mol. The minimum Gasteiger partial charge on any atom is -0.465 e. The van der Waals surface area contributed by atoms with Crippen molar-refractivity contribution in [3.8, 4) is 0 Å². The van der Waals surface area contributed by atoms with Gasteiger partial charge in [-0.2, -0.15) is 0 Å². The largest absolute Gasteiger partial charge is 0.465 e. The first kappa shape index (κ1) is 8.53. The number of hydrogen-bond donors (Lipinski definition) is 1. The summed E-state index contributed by atoms with van der Waals surface area (Å²) in [5.74, 6) is 0.0871. The van der Waals surface area contributed by atoms with Crippen LogP contribution in [-0.2, 0) is 9.53 Å². The number of hydrogen-bond acceptors (Lipinski definition) is 3. The molecular weight excluding hydrogens is 142 g/mol. The van der Waals surface area contributed by atoms with Gasteiger partial charge >= 0.3 is 5.97 Å². The molecule has 1 atom stereocenters. The van der Waals surface area contributed by atoms with E-state index in [0.717, 1.165) is 12.8 Å². The summed E-state index contributed by atoms with van der Waals surface area (Å²) in [6, 6.07) is 0. The highest BCUT2D eigenvalue weighted by atomic mass is 16.5. The van der Waals surface area contributed by atoms with Crippen LogP contribution in [0, 0.1) is 5.92 Å². The molecule has 0 aliphatic heterocycles. The summed E-state index contributed by atoms with van der Waals surface area (Å²) in [5, 5.41) is 0. The lowest BCUT2D eigenvalue weighted by atomic mass is 9.98. The van der Waals surface area contributed by atoms with Crippen LogP contribution in [0.5, 0.6) is 0 Å². The lowest BCUT2D eigenvalue weighted by Gasteiger charge is -2.21. The molecule has 0 aromatic carbocycles. The number of rotatable bonds is 3. The number of esters is 1. The zero-order chi connectivity index (χ0) is 8.48. The average molecular weight is 157 g/mol. The van der Waals surface area contributed by atoms with Gasteiger partial charge in [0, 0.05) is 0 Å². The molecule has 11 heavy (non-hydrogen) atoms. The van der Waals surface area contributed by atoms with E-state index in [-0.39, 0.29) is 5.97 Å². The number of carbonyl (C=O) groups excluding carboxylic acids is 1. The van der Waals surface area contributed by atoms with E-state index in [0.29, 0.717) is 12.5 Å². The predicted octanol–water partition coefficient (Wildman–Crippen LogP) is 0.677. The van der Waals surface area contributed by atoms with Crippen LogP contribution in [-0.4, -0.2) is 18.1 Å². The second-order valence-electron chi connectivity index (χ2n) is 3.28. The van der Waals surface area contributed by atoms with E-state index in [2.05, 4.69) is 0 Å². The highest BCUT2D eigenvalue weighted by Gasteiger charge is 2.45. The van der Waals surface area contributed by atoms with E-state index in [9.17, 15) is 4.79 Å². The molecule has 1 rings (SSSR count). The molecule has 1 aliphatic rings. The molecule has 0 saturated heterocycles. The monoisotopic (exact) mass is 157 g/mol. The fraction of sp³-hybridized carbons (Fsp3) is 0.875. The Labute approximate surface area is 66.9 Å². The summed E-state index contributed by atoms with van der Waals surface area (Å²) >= 11 is 0. The van der Waals surface area contributed by atoms with E-state index in [1.165, 1.54) is 0 Å². The molecule has 64 valence electrons. The van der Waals surface area contributed by atoms with Gasteiger partial charge < -0.3 is 10.5 Å². The average Bonchev–Trinajstić information content (AvgIpc) is 2.68. The molecule has 0 radical (unpaired) electrons. The second kappa shape index (κ2) is 2.81. The molecular formula is C8H15NO2. The third-order valence-electron chi connectivity index (χ3n) is 2.14. The fourth-order valence-corrected chi connectivity index (χ4v) is 1.14. The maximum Gasteiger partial charge on any atom is 0.326 e. The summed E-state index contributed by atoms with van der Waals surface area (Å²) in [5.41, 5.74) is 5.04. The highest BCUT2D eigenvalue weighted by molar-refractivity contribution is 5.80. The molecule has 0 aromatic rings. The van der Waals surface area contributed by atoms with Crippen molar-refractivity contribution in [1.82, 2.24) is 0 Å². The van der Waals surface area contributed by atoms with Crippen LogP contribution in [0.4, 0.5) is 0 Å². The minimum absolute atomic E-state index is 0.262. The summed E-state index contributed by atoms with van der Waals surface area (Å²) in [6.07, 6.45) is 2.12. The SMILES string of the molecule is CCOC(=O)[C@@](C)(N)C1CC1. The Morgan fingerprint density at radius 3 is 2.64 bits per heavy atom. The van der Waals surface area contributed by atoms with E-state index in [1.807, 2.05) is 0 Å². The first-order valence-electron chi connectivity index (χ1n) is 4.05. The van der Waals surface area contributed by atoms with Crippen molar-refractivity contribution >= 4 is 5.97 Å². The van der Waals surface area contributed by atoms with Gasteiger partial charge in [-0.15, -0.1) is 0 Å². The third kappa shape index (κ3) is 1.71. The quantitative estimate of drug-likeness (QED) is 0.613. The van der Waals surface area contributed by atoms with Crippen molar-refractivity contribution in [2.75, 3.05) is 6.61 Å². The van der Waals surface area contributed by atoms with Crippen molar-refractivity contribution in [1.29, 1.82) is 0 Å². The molecule has 0 amide bonds. The van der Waals surface area contributed by atoms with Crippen LogP contribution in [0.2, 0.25) is 0 Å². The van der Waals surface area contributed by atoms with Crippen molar-refractivity contribution < 1.29 is 9.53 Å². The highest BCUT2D eigenvalue weighted by Crippen LogP contribution is 2.38. The topological polar surface area (TPSA) is 52.3 Å². The van der Waals surface area contributed by atoms with Crippen molar-refractivity contribution in [3.63, 3.8) is 0 Å². The van der Waals surface area contributed by atoms with Crippen LogP contribution in [0.3, 0.4) is 0 Å². The number of nitrogens with two attached hydrogens (primary N) is 1.